The van der Waals surface area contributed by atoms with E-state index < -0.39 is 6.04 Å². The van der Waals surface area contributed by atoms with Crippen molar-refractivity contribution in [1.29, 1.82) is 0 Å². The number of amides is 2. The van der Waals surface area contributed by atoms with Gasteiger partial charge in [-0.25, -0.2) is 0 Å². The normalized spacial score (nSPS) is 16.3. The molecule has 1 fully saturated rings. The van der Waals surface area contributed by atoms with E-state index >= 15 is 0 Å². The summed E-state index contributed by atoms with van der Waals surface area (Å²) in [4.78, 5) is 25.3. The zero-order chi connectivity index (χ0) is 15.9. The fourth-order valence-electron chi connectivity index (χ4n) is 2.77. The lowest BCUT2D eigenvalue weighted by Crippen LogP contribution is -2.47. The summed E-state index contributed by atoms with van der Waals surface area (Å²) in [6, 6.07) is 9.89. The number of likely N-dealkylation sites (tertiary alicyclic amines) is 1. The van der Waals surface area contributed by atoms with Crippen molar-refractivity contribution in [3.63, 3.8) is 0 Å². The second-order valence-electron chi connectivity index (χ2n) is 6.02. The van der Waals surface area contributed by atoms with E-state index in [4.69, 9.17) is 5.73 Å². The summed E-state index contributed by atoms with van der Waals surface area (Å²) in [7, 11) is 0. The van der Waals surface area contributed by atoms with E-state index in [1.807, 2.05) is 11.0 Å². The van der Waals surface area contributed by atoms with Crippen molar-refractivity contribution < 1.29 is 9.59 Å². The fourth-order valence-corrected chi connectivity index (χ4v) is 2.77. The Morgan fingerprint density at radius 3 is 2.43 bits per heavy atom. The molecule has 0 spiro atoms. The second-order valence-corrected chi connectivity index (χ2v) is 6.02. The monoisotopic (exact) mass is 339 g/mol. The van der Waals surface area contributed by atoms with Crippen molar-refractivity contribution in [1.82, 2.24) is 10.2 Å². The molecule has 3 N–H and O–H groups in total. The molecule has 1 aromatic rings. The Kier molecular flexibility index (Phi) is 8.06. The van der Waals surface area contributed by atoms with Crippen LogP contribution >= 0.6 is 12.4 Å². The lowest BCUT2D eigenvalue weighted by Gasteiger charge is -2.32. The molecule has 0 aromatic heterocycles. The first kappa shape index (κ1) is 19.5. The van der Waals surface area contributed by atoms with Crippen molar-refractivity contribution >= 4 is 24.2 Å². The number of hydrogen-bond acceptors (Lipinski definition) is 3. The van der Waals surface area contributed by atoms with Gasteiger partial charge < -0.3 is 16.0 Å². The van der Waals surface area contributed by atoms with Crippen molar-refractivity contribution in [2.45, 2.75) is 32.2 Å². The number of piperidine rings is 1. The number of nitrogens with one attached hydrogen (secondary N) is 1. The molecule has 1 aromatic carbocycles. The van der Waals surface area contributed by atoms with Crippen LogP contribution in [0.25, 0.3) is 0 Å². The van der Waals surface area contributed by atoms with E-state index in [0.29, 0.717) is 5.92 Å². The van der Waals surface area contributed by atoms with Gasteiger partial charge in [0.1, 0.15) is 0 Å². The first-order chi connectivity index (χ1) is 10.6. The molecule has 0 aliphatic carbocycles. The van der Waals surface area contributed by atoms with Gasteiger partial charge in [0, 0.05) is 13.1 Å². The third-order valence-electron chi connectivity index (χ3n) is 4.16. The summed E-state index contributed by atoms with van der Waals surface area (Å²) in [5.41, 5.74) is 6.81. The minimum atomic E-state index is -0.579. The highest BCUT2D eigenvalue weighted by Gasteiger charge is 2.23. The third kappa shape index (κ3) is 6.20. The first-order valence-electron chi connectivity index (χ1n) is 7.91. The van der Waals surface area contributed by atoms with Gasteiger partial charge in [-0.15, -0.1) is 12.4 Å². The predicted molar refractivity (Wildman–Crippen MR) is 93.4 cm³/mol. The van der Waals surface area contributed by atoms with Crippen LogP contribution in [-0.4, -0.2) is 42.4 Å². The smallest absolute Gasteiger partial charge is 0.241 e. The molecule has 2 amide bonds. The molecule has 1 heterocycles. The van der Waals surface area contributed by atoms with Gasteiger partial charge in [0.25, 0.3) is 0 Å². The maximum absolute atomic E-state index is 12.1. The maximum atomic E-state index is 12.1. The molecule has 1 aliphatic heterocycles. The van der Waals surface area contributed by atoms with Crippen LogP contribution in [0.1, 0.15) is 25.3 Å². The fraction of sp³-hybridized carbons (Fsp3) is 0.529. The summed E-state index contributed by atoms with van der Waals surface area (Å²) < 4.78 is 0. The van der Waals surface area contributed by atoms with Gasteiger partial charge in [0.2, 0.25) is 11.8 Å². The average Bonchev–Trinajstić information content (AvgIpc) is 2.54. The Morgan fingerprint density at radius 1 is 1.26 bits per heavy atom. The quantitative estimate of drug-likeness (QED) is 0.850. The van der Waals surface area contributed by atoms with Gasteiger partial charge in [0.15, 0.2) is 0 Å². The van der Waals surface area contributed by atoms with E-state index in [-0.39, 0.29) is 30.8 Å². The van der Waals surface area contributed by atoms with Gasteiger partial charge >= 0.3 is 0 Å². The highest BCUT2D eigenvalue weighted by atomic mass is 35.5. The number of halogens is 1. The van der Waals surface area contributed by atoms with E-state index in [1.54, 1.807) is 6.92 Å². The van der Waals surface area contributed by atoms with Gasteiger partial charge in [-0.05, 0) is 37.7 Å². The molecule has 1 atom stereocenters. The van der Waals surface area contributed by atoms with E-state index in [1.165, 1.54) is 5.56 Å². The summed E-state index contributed by atoms with van der Waals surface area (Å²) in [6.45, 7) is 3.19. The molecule has 1 aliphatic rings. The number of carbonyl (C=O) groups excluding carboxylic acids is 2. The summed E-state index contributed by atoms with van der Waals surface area (Å²) in [5.74, 6) is 0.324. The van der Waals surface area contributed by atoms with Gasteiger partial charge in [-0.1, -0.05) is 30.3 Å². The summed E-state index contributed by atoms with van der Waals surface area (Å²) in [6.07, 6.45) is 3.11. The zero-order valence-corrected chi connectivity index (χ0v) is 14.3. The first-order valence-corrected chi connectivity index (χ1v) is 7.91. The Bertz CT molecular complexity index is 500. The predicted octanol–water partition coefficient (Wildman–Crippen LogP) is 1.35. The molecule has 0 radical (unpaired) electrons. The molecule has 23 heavy (non-hydrogen) atoms. The van der Waals surface area contributed by atoms with Crippen molar-refractivity contribution in [2.75, 3.05) is 19.6 Å². The van der Waals surface area contributed by atoms with Crippen LogP contribution in [0.3, 0.4) is 0 Å². The third-order valence-corrected chi connectivity index (χ3v) is 4.16. The Hall–Kier alpha value is -1.59. The largest absolute Gasteiger partial charge is 0.346 e. The number of nitrogens with zero attached hydrogens (tertiary/aromatic N) is 1. The number of carbonyl (C=O) groups is 2. The zero-order valence-electron chi connectivity index (χ0n) is 13.5. The summed E-state index contributed by atoms with van der Waals surface area (Å²) in [5, 5.41) is 2.58. The Balaban J connectivity index is 0.00000264. The average molecular weight is 340 g/mol. The highest BCUT2D eigenvalue weighted by molar-refractivity contribution is 5.87. The van der Waals surface area contributed by atoms with Crippen LogP contribution in [0.2, 0.25) is 0 Å². The summed E-state index contributed by atoms with van der Waals surface area (Å²) >= 11 is 0. The lowest BCUT2D eigenvalue weighted by molar-refractivity contribution is -0.134. The van der Waals surface area contributed by atoms with Gasteiger partial charge in [-0.2, -0.15) is 0 Å². The lowest BCUT2D eigenvalue weighted by atomic mass is 9.90. The number of benzene rings is 1. The number of hydrogen-bond donors (Lipinski definition) is 2. The molecule has 5 nitrogen and oxygen atoms in total. The van der Waals surface area contributed by atoms with Gasteiger partial charge in [-0.3, -0.25) is 9.59 Å². The molecule has 128 valence electrons. The van der Waals surface area contributed by atoms with Crippen molar-refractivity contribution in [3.8, 4) is 0 Å². The SMILES string of the molecule is C[C@@H](N)C(=O)NCC(=O)N1CCC(Cc2ccccc2)CC1.Cl. The standard InChI is InChI=1S/C17H25N3O2.ClH/c1-13(18)17(22)19-12-16(21)20-9-7-15(8-10-20)11-14-5-3-2-4-6-14;/h2-6,13,15H,7-12,18H2,1H3,(H,19,22);1H/t13-;/m1./s1. The van der Waals surface area contributed by atoms with Crippen LogP contribution in [0, 0.1) is 5.92 Å². The highest BCUT2D eigenvalue weighted by Crippen LogP contribution is 2.21. The molecule has 0 unspecified atom stereocenters. The van der Waals surface area contributed by atoms with E-state index in [9.17, 15) is 9.59 Å². The molecule has 1 saturated heterocycles. The van der Waals surface area contributed by atoms with Gasteiger partial charge in [0.05, 0.1) is 12.6 Å². The molecule has 6 heteroatoms. The van der Waals surface area contributed by atoms with Crippen LogP contribution < -0.4 is 11.1 Å². The Labute approximate surface area is 144 Å². The molecule has 0 saturated carbocycles. The van der Waals surface area contributed by atoms with Crippen molar-refractivity contribution in [2.24, 2.45) is 11.7 Å². The van der Waals surface area contributed by atoms with E-state index in [2.05, 4.69) is 29.6 Å². The molecule has 2 rings (SSSR count). The van der Waals surface area contributed by atoms with Crippen LogP contribution in [0.5, 0.6) is 0 Å². The van der Waals surface area contributed by atoms with Crippen molar-refractivity contribution in [3.05, 3.63) is 35.9 Å². The molecular weight excluding hydrogens is 314 g/mol. The number of nitrogens with two attached hydrogens (primary N) is 1. The van der Waals surface area contributed by atoms with E-state index in [0.717, 1.165) is 32.4 Å². The van der Waals surface area contributed by atoms with Crippen LogP contribution in [0.4, 0.5) is 0 Å². The number of rotatable bonds is 5. The second kappa shape index (κ2) is 9.53. The molecule has 0 bridgehead atoms. The minimum Gasteiger partial charge on any atom is -0.346 e. The Morgan fingerprint density at radius 2 is 1.87 bits per heavy atom. The van der Waals surface area contributed by atoms with Crippen LogP contribution in [0.15, 0.2) is 30.3 Å². The molecular formula is C17H26ClN3O2. The minimum absolute atomic E-state index is 0. The topological polar surface area (TPSA) is 75.4 Å². The maximum Gasteiger partial charge on any atom is 0.241 e. The van der Waals surface area contributed by atoms with Crippen LogP contribution in [-0.2, 0) is 16.0 Å².